The minimum absolute atomic E-state index is 0. The molecule has 5 heteroatoms. The van der Waals surface area contributed by atoms with Gasteiger partial charge in [-0.1, -0.05) is 5.41 Å². The van der Waals surface area contributed by atoms with Crippen molar-refractivity contribution >= 4 is 0 Å². The normalized spacial score (nSPS) is 34.5. The molecular weight excluding hydrogens is 292 g/mol. The van der Waals surface area contributed by atoms with Gasteiger partial charge in [0.05, 0.1) is 6.67 Å². The van der Waals surface area contributed by atoms with E-state index in [4.69, 9.17) is 0 Å². The van der Waals surface area contributed by atoms with Gasteiger partial charge in [-0.3, -0.25) is 4.39 Å². The molecule has 91 valence electrons. The van der Waals surface area contributed by atoms with E-state index in [9.17, 15) is 13.2 Å². The van der Waals surface area contributed by atoms with Gasteiger partial charge in [-0.25, -0.2) is 8.78 Å². The van der Waals surface area contributed by atoms with Gasteiger partial charge in [0.15, 0.2) is 0 Å². The number of hydrogen-bond donors (Lipinski definition) is 0. The Balaban J connectivity index is 0.00000128. The van der Waals surface area contributed by atoms with Crippen LogP contribution in [0.1, 0.15) is 19.3 Å². The van der Waals surface area contributed by atoms with E-state index in [1.165, 1.54) is 0 Å². The van der Waals surface area contributed by atoms with Crippen molar-refractivity contribution in [1.82, 2.24) is 4.90 Å². The van der Waals surface area contributed by atoms with Crippen LogP contribution in [0.15, 0.2) is 0 Å². The zero-order valence-corrected chi connectivity index (χ0v) is 12.2. The van der Waals surface area contributed by atoms with E-state index in [1.54, 1.807) is 0 Å². The van der Waals surface area contributed by atoms with E-state index in [-0.39, 0.29) is 51.7 Å². The second-order valence-corrected chi connectivity index (χ2v) is 5.04. The molecule has 2 rings (SSSR count). The summed E-state index contributed by atoms with van der Waals surface area (Å²) in [5.74, 6) is -2.44. The van der Waals surface area contributed by atoms with Crippen molar-refractivity contribution in [3.05, 3.63) is 6.92 Å². The van der Waals surface area contributed by atoms with Crippen LogP contribution < -0.4 is 0 Å². The third kappa shape index (κ3) is 2.99. The van der Waals surface area contributed by atoms with E-state index in [0.29, 0.717) is 6.54 Å². The zero-order valence-electron chi connectivity index (χ0n) is 9.39. The third-order valence-corrected chi connectivity index (χ3v) is 3.66. The van der Waals surface area contributed by atoms with Crippen molar-refractivity contribution < 1.29 is 45.9 Å². The van der Waals surface area contributed by atoms with Gasteiger partial charge < -0.3 is 11.8 Å². The van der Waals surface area contributed by atoms with Gasteiger partial charge in [0, 0.05) is 32.7 Å². The summed E-state index contributed by atoms with van der Waals surface area (Å²) in [5.41, 5.74) is -1.06. The Morgan fingerprint density at radius 3 is 2.12 bits per heavy atom. The zero-order chi connectivity index (χ0) is 11.1. The molecule has 0 amide bonds. The Labute approximate surface area is 120 Å². The summed E-state index contributed by atoms with van der Waals surface area (Å²) in [5, 5.41) is 0. The van der Waals surface area contributed by atoms with Crippen molar-refractivity contribution in [2.24, 2.45) is 11.3 Å². The molecule has 0 bridgehead atoms. The summed E-state index contributed by atoms with van der Waals surface area (Å²) < 4.78 is 38.2. The predicted molar refractivity (Wildman–Crippen MR) is 52.5 cm³/mol. The van der Waals surface area contributed by atoms with Crippen LogP contribution in [0.25, 0.3) is 0 Å². The molecule has 1 aliphatic carbocycles. The van der Waals surface area contributed by atoms with E-state index < -0.39 is 11.3 Å². The van der Waals surface area contributed by atoms with Crippen LogP contribution in [0.3, 0.4) is 0 Å². The van der Waals surface area contributed by atoms with Crippen LogP contribution in [0.4, 0.5) is 13.2 Å². The van der Waals surface area contributed by atoms with Gasteiger partial charge in [-0.15, -0.1) is 0 Å². The first kappa shape index (κ1) is 14.9. The molecule has 1 aliphatic heterocycles. The topological polar surface area (TPSA) is 3.24 Å². The first-order valence-electron chi connectivity index (χ1n) is 5.48. The Kier molecular flexibility index (Phi) is 4.88. The molecule has 16 heavy (non-hydrogen) atoms. The van der Waals surface area contributed by atoms with E-state index >= 15 is 0 Å². The molecule has 0 aromatic carbocycles. The van der Waals surface area contributed by atoms with Crippen molar-refractivity contribution in [1.29, 1.82) is 0 Å². The second-order valence-electron chi connectivity index (χ2n) is 5.04. The van der Waals surface area contributed by atoms with E-state index in [1.807, 2.05) is 4.90 Å². The molecule has 1 atom stereocenters. The van der Waals surface area contributed by atoms with Gasteiger partial charge in [-0.05, 0) is 44.8 Å². The van der Waals surface area contributed by atoms with E-state index in [2.05, 4.69) is 6.92 Å². The van der Waals surface area contributed by atoms with Crippen molar-refractivity contribution in [2.45, 2.75) is 25.2 Å². The fourth-order valence-electron chi connectivity index (χ4n) is 2.28. The molecule has 1 saturated heterocycles. The summed E-state index contributed by atoms with van der Waals surface area (Å²) in [6, 6.07) is 0. The average Bonchev–Trinajstić information content (AvgIpc) is 2.66. The number of halogens is 3. The maximum Gasteiger partial charge on any atom is 0.226 e. The number of rotatable bonds is 3. The summed E-state index contributed by atoms with van der Waals surface area (Å²) in [4.78, 5) is 2.00. The third-order valence-electron chi connectivity index (χ3n) is 3.66. The predicted octanol–water partition coefficient (Wildman–Crippen LogP) is 2.52. The van der Waals surface area contributed by atoms with Crippen LogP contribution in [0.5, 0.6) is 0 Å². The molecule has 1 nitrogen and oxygen atoms in total. The van der Waals surface area contributed by atoms with Crippen LogP contribution in [-0.2, 0) is 32.7 Å². The Hall–Kier alpha value is 0.854. The van der Waals surface area contributed by atoms with Gasteiger partial charge in [0.25, 0.3) is 0 Å². The van der Waals surface area contributed by atoms with Crippen LogP contribution in [-0.4, -0.2) is 37.1 Å². The molecule has 1 radical (unpaired) electrons. The Bertz CT molecular complexity index is 241. The molecule has 0 spiro atoms. The fourth-order valence-corrected chi connectivity index (χ4v) is 2.28. The number of piperidine rings is 1. The molecule has 0 N–H and O–H groups in total. The summed E-state index contributed by atoms with van der Waals surface area (Å²) in [6.45, 7) is 5.16. The quantitative estimate of drug-likeness (QED) is 0.724. The maximum absolute atomic E-state index is 12.9. The first-order valence-corrected chi connectivity index (χ1v) is 5.48. The minimum atomic E-state index is -2.58. The Morgan fingerprint density at radius 1 is 1.25 bits per heavy atom. The van der Waals surface area contributed by atoms with Crippen LogP contribution in [0.2, 0.25) is 0 Å². The molecule has 1 heterocycles. The number of nitrogens with zero attached hydrogens (tertiary/aromatic N) is 1. The number of likely N-dealkylation sites (tertiary alicyclic amines) is 1. The van der Waals surface area contributed by atoms with Crippen molar-refractivity contribution in [3.8, 4) is 0 Å². The van der Waals surface area contributed by atoms with Crippen molar-refractivity contribution in [3.63, 3.8) is 0 Å². The monoisotopic (exact) mass is 309 g/mol. The fraction of sp³-hybridized carbons (Fsp3) is 0.909. The Morgan fingerprint density at radius 2 is 1.75 bits per heavy atom. The molecule has 1 saturated carbocycles. The maximum atomic E-state index is 12.9. The first-order chi connectivity index (χ1) is 6.97. The molecule has 0 aromatic rings. The minimum Gasteiger partial charge on any atom is -0.330 e. The van der Waals surface area contributed by atoms with Gasteiger partial charge in [0.1, 0.15) is 0 Å². The summed E-state index contributed by atoms with van der Waals surface area (Å²) in [6.07, 6.45) is 1.49. The van der Waals surface area contributed by atoms with Gasteiger partial charge >= 0.3 is 0 Å². The molecule has 2 aliphatic rings. The molecule has 0 aromatic heterocycles. The van der Waals surface area contributed by atoms with Crippen molar-refractivity contribution in [2.75, 3.05) is 26.3 Å². The molecule has 1 unspecified atom stereocenters. The van der Waals surface area contributed by atoms with Gasteiger partial charge in [0.2, 0.25) is 5.92 Å². The summed E-state index contributed by atoms with van der Waals surface area (Å²) in [7, 11) is 0. The SMILES string of the molecule is [CH2-]C1(CN2CCC(CF)CC2)CC1(F)F.[Y]. The van der Waals surface area contributed by atoms with E-state index in [0.717, 1.165) is 25.9 Å². The molecule has 2 fully saturated rings. The standard InChI is InChI=1S/C11H17F3N.Y/c1-10(7-11(10,13)14)8-15-4-2-9(6-12)3-5-15;/h9H,1-8H2;/q-1;. The van der Waals surface area contributed by atoms with Crippen LogP contribution >= 0.6 is 0 Å². The number of alkyl halides is 3. The average molecular weight is 309 g/mol. The summed E-state index contributed by atoms with van der Waals surface area (Å²) >= 11 is 0. The number of hydrogen-bond acceptors (Lipinski definition) is 1. The second kappa shape index (κ2) is 5.23. The molecular formula is C11H17F3NY-. The van der Waals surface area contributed by atoms with Crippen LogP contribution in [0, 0.1) is 18.3 Å². The van der Waals surface area contributed by atoms with Gasteiger partial charge in [-0.2, -0.15) is 0 Å². The smallest absolute Gasteiger partial charge is 0.226 e. The largest absolute Gasteiger partial charge is 0.330 e.